The number of fused-ring (bicyclic) bond motifs is 2. The number of nitrogens with two attached hydrogens (primary N) is 1. The van der Waals surface area contributed by atoms with Crippen molar-refractivity contribution < 1.29 is 14.3 Å². The summed E-state index contributed by atoms with van der Waals surface area (Å²) >= 11 is 0. The summed E-state index contributed by atoms with van der Waals surface area (Å²) in [5.41, 5.74) is 10.7. The highest BCUT2D eigenvalue weighted by Gasteiger charge is 2.38. The molecule has 2 heterocycles. The molecule has 1 unspecified atom stereocenters. The number of amides is 2. The molecule has 0 saturated carbocycles. The molecule has 0 radical (unpaired) electrons. The van der Waals surface area contributed by atoms with Gasteiger partial charge in [-0.15, -0.1) is 0 Å². The summed E-state index contributed by atoms with van der Waals surface area (Å²) in [5.74, 6) is 0.0441. The minimum Gasteiger partial charge on any atom is -0.397 e. The van der Waals surface area contributed by atoms with Crippen LogP contribution in [0.5, 0.6) is 0 Å². The van der Waals surface area contributed by atoms with Crippen molar-refractivity contribution in [1.29, 1.82) is 0 Å². The van der Waals surface area contributed by atoms with Crippen LogP contribution in [0.15, 0.2) is 78.9 Å². The monoisotopic (exact) mass is 553 g/mol. The Bertz CT molecular complexity index is 1370. The van der Waals surface area contributed by atoms with E-state index >= 15 is 0 Å². The molecule has 8 heteroatoms. The Kier molecular flexibility index (Phi) is 9.14. The van der Waals surface area contributed by atoms with Gasteiger partial charge >= 0.3 is 0 Å². The van der Waals surface area contributed by atoms with Gasteiger partial charge in [-0.3, -0.25) is 14.5 Å². The molecule has 2 fully saturated rings. The maximum Gasteiger partial charge on any atom is 0.248 e. The maximum absolute atomic E-state index is 13.5. The summed E-state index contributed by atoms with van der Waals surface area (Å²) in [6, 6.07) is 22.8. The fraction of sp³-hybridized carbons (Fsp3) is 0.333. The van der Waals surface area contributed by atoms with Crippen LogP contribution in [0.4, 0.5) is 17.1 Å². The zero-order valence-electron chi connectivity index (χ0n) is 23.7. The van der Waals surface area contributed by atoms with Crippen molar-refractivity contribution in [3.8, 4) is 0 Å². The fourth-order valence-corrected chi connectivity index (χ4v) is 5.39. The van der Waals surface area contributed by atoms with Crippen molar-refractivity contribution in [3.63, 3.8) is 0 Å². The number of hydrogen-bond donors (Lipinski definition) is 4. The first-order valence-corrected chi connectivity index (χ1v) is 14.3. The quantitative estimate of drug-likeness (QED) is 0.201. The van der Waals surface area contributed by atoms with Crippen LogP contribution < -0.4 is 21.7 Å². The van der Waals surface area contributed by atoms with Crippen molar-refractivity contribution in [2.75, 3.05) is 42.6 Å². The van der Waals surface area contributed by atoms with E-state index in [1.54, 1.807) is 18.2 Å². The van der Waals surface area contributed by atoms with Crippen molar-refractivity contribution in [2.24, 2.45) is 0 Å². The molecule has 3 aromatic carbocycles. The van der Waals surface area contributed by atoms with Crippen LogP contribution >= 0.6 is 0 Å². The normalized spacial score (nSPS) is 19.1. The van der Waals surface area contributed by atoms with Crippen LogP contribution in [-0.4, -0.2) is 55.1 Å². The van der Waals surface area contributed by atoms with E-state index in [1.165, 1.54) is 11.6 Å². The van der Waals surface area contributed by atoms with E-state index < -0.39 is 6.04 Å². The van der Waals surface area contributed by atoms with Crippen LogP contribution in [0, 0.1) is 0 Å². The summed E-state index contributed by atoms with van der Waals surface area (Å²) in [4.78, 5) is 28.3. The zero-order valence-corrected chi connectivity index (χ0v) is 23.7. The summed E-state index contributed by atoms with van der Waals surface area (Å²) in [7, 11) is 0. The lowest BCUT2D eigenvalue weighted by Crippen LogP contribution is -2.43. The van der Waals surface area contributed by atoms with Crippen LogP contribution in [0.25, 0.3) is 6.08 Å². The molecule has 2 amide bonds. The highest BCUT2D eigenvalue weighted by atomic mass is 16.5. The number of benzene rings is 3. The third kappa shape index (κ3) is 7.41. The number of nitrogen functional groups attached to an aromatic ring is 1. The van der Waals surface area contributed by atoms with E-state index in [9.17, 15) is 9.59 Å². The Morgan fingerprint density at radius 2 is 1.73 bits per heavy atom. The number of carbonyl (C=O) groups is 2. The number of likely N-dealkylation sites (tertiary alicyclic amines) is 1. The third-order valence-corrected chi connectivity index (χ3v) is 7.78. The molecule has 0 aliphatic carbocycles. The lowest BCUT2D eigenvalue weighted by molar-refractivity contribution is -0.118. The Morgan fingerprint density at radius 3 is 2.39 bits per heavy atom. The minimum absolute atomic E-state index is 0.114. The molecule has 0 aromatic heterocycles. The van der Waals surface area contributed by atoms with Gasteiger partial charge in [0.25, 0.3) is 0 Å². The second kappa shape index (κ2) is 13.1. The first kappa shape index (κ1) is 28.5. The molecule has 5 N–H and O–H groups in total. The number of anilines is 3. The van der Waals surface area contributed by atoms with Gasteiger partial charge in [0.15, 0.2) is 0 Å². The molecule has 0 spiro atoms. The lowest BCUT2D eigenvalue weighted by Gasteiger charge is -2.27. The van der Waals surface area contributed by atoms with Gasteiger partial charge in [-0.2, -0.15) is 0 Å². The summed E-state index contributed by atoms with van der Waals surface area (Å²) in [6.07, 6.45) is 4.66. The van der Waals surface area contributed by atoms with Gasteiger partial charge in [0.05, 0.1) is 24.1 Å². The summed E-state index contributed by atoms with van der Waals surface area (Å²) in [6.45, 7) is 7.59. The Hall–Kier alpha value is -3.98. The Morgan fingerprint density at radius 1 is 1.00 bits per heavy atom. The summed E-state index contributed by atoms with van der Waals surface area (Å²) < 4.78 is 5.72. The molecule has 41 heavy (non-hydrogen) atoms. The average molecular weight is 554 g/mol. The highest BCUT2D eigenvalue weighted by molar-refractivity contribution is 6.03. The van der Waals surface area contributed by atoms with Crippen LogP contribution in [-0.2, 0) is 14.3 Å². The van der Waals surface area contributed by atoms with Crippen LogP contribution in [0.3, 0.4) is 0 Å². The van der Waals surface area contributed by atoms with Gasteiger partial charge in [0.1, 0.15) is 6.04 Å². The average Bonchev–Trinajstić information content (AvgIpc) is 3.60. The standard InChI is InChI=1S/C33H39N5O3/c1-22(2)24-12-14-26(15-13-24)36-33(40)32(35-17-18-38-20-28-19-27(38)21-41-28)25-10-7-23(8-11-25)9-16-31(39)37-30-6-4-3-5-29(30)34/h3-16,22,27-28,32,35H,17-21,34H2,1-2H3,(H,36,40)(H,37,39)/t27-,28-,32?/m0/s1. The van der Waals surface area contributed by atoms with Gasteiger partial charge < -0.3 is 26.4 Å². The molecule has 214 valence electrons. The Balaban J connectivity index is 1.24. The number of morpholine rings is 1. The number of carbonyl (C=O) groups excluding carboxylic acids is 2. The number of nitrogens with one attached hydrogen (secondary N) is 3. The van der Waals surface area contributed by atoms with Crippen LogP contribution in [0.1, 0.15) is 48.9 Å². The first-order chi connectivity index (χ1) is 19.9. The molecule has 2 aliphatic rings. The fourth-order valence-electron chi connectivity index (χ4n) is 5.39. The van der Waals surface area contributed by atoms with Gasteiger partial charge in [-0.1, -0.05) is 62.4 Å². The second-order valence-corrected chi connectivity index (χ2v) is 11.1. The Labute approximate surface area is 242 Å². The van der Waals surface area contributed by atoms with E-state index in [4.69, 9.17) is 10.5 Å². The second-order valence-electron chi connectivity index (χ2n) is 11.1. The van der Waals surface area contributed by atoms with E-state index in [-0.39, 0.29) is 11.8 Å². The largest absolute Gasteiger partial charge is 0.397 e. The van der Waals surface area contributed by atoms with Gasteiger partial charge in [-0.05, 0) is 59.4 Å². The van der Waals surface area contributed by atoms with Gasteiger partial charge in [0.2, 0.25) is 11.8 Å². The number of nitrogens with zero attached hydrogens (tertiary/aromatic N) is 1. The maximum atomic E-state index is 13.5. The predicted molar refractivity (Wildman–Crippen MR) is 165 cm³/mol. The predicted octanol–water partition coefficient (Wildman–Crippen LogP) is 4.79. The number of hydrogen-bond acceptors (Lipinski definition) is 6. The first-order valence-electron chi connectivity index (χ1n) is 14.3. The number of ether oxygens (including phenoxy) is 1. The van der Waals surface area contributed by atoms with E-state index in [1.807, 2.05) is 48.5 Å². The van der Waals surface area contributed by atoms with Crippen molar-refractivity contribution >= 4 is 35.0 Å². The molecule has 5 rings (SSSR count). The van der Waals surface area contributed by atoms with Crippen molar-refractivity contribution in [1.82, 2.24) is 10.2 Å². The molecule has 3 aromatic rings. The molecule has 2 aliphatic heterocycles. The van der Waals surface area contributed by atoms with Crippen molar-refractivity contribution in [3.05, 3.63) is 95.6 Å². The summed E-state index contributed by atoms with van der Waals surface area (Å²) in [5, 5.41) is 9.36. The molecule has 2 saturated heterocycles. The minimum atomic E-state index is -0.529. The van der Waals surface area contributed by atoms with E-state index in [0.29, 0.717) is 36.0 Å². The zero-order chi connectivity index (χ0) is 28.8. The van der Waals surface area contributed by atoms with Gasteiger partial charge in [0, 0.05) is 37.4 Å². The smallest absolute Gasteiger partial charge is 0.248 e. The van der Waals surface area contributed by atoms with E-state index in [2.05, 4.69) is 46.8 Å². The van der Waals surface area contributed by atoms with Crippen LogP contribution in [0.2, 0.25) is 0 Å². The molecular weight excluding hydrogens is 514 g/mol. The molecule has 2 bridgehead atoms. The molecule has 8 nitrogen and oxygen atoms in total. The molecule has 3 atom stereocenters. The topological polar surface area (TPSA) is 109 Å². The van der Waals surface area contributed by atoms with E-state index in [0.717, 1.165) is 42.9 Å². The highest BCUT2D eigenvalue weighted by Crippen LogP contribution is 2.27. The lowest BCUT2D eigenvalue weighted by atomic mass is 10.0. The van der Waals surface area contributed by atoms with Crippen molar-refractivity contribution in [2.45, 2.75) is 44.4 Å². The van der Waals surface area contributed by atoms with Gasteiger partial charge in [-0.25, -0.2) is 0 Å². The third-order valence-electron chi connectivity index (χ3n) is 7.78. The number of para-hydroxylation sites is 2. The SMILES string of the molecule is CC(C)c1ccc(NC(=O)C(NCCN2C[C@@H]3C[C@H]2CO3)c2ccc(C=CC(=O)Nc3ccccc3N)cc2)cc1. The number of rotatable bonds is 11. The molecular formula is C33H39N5O3.